The van der Waals surface area contributed by atoms with E-state index in [9.17, 15) is 19.2 Å². The summed E-state index contributed by atoms with van der Waals surface area (Å²) in [4.78, 5) is 32.2. The van der Waals surface area contributed by atoms with E-state index < -0.39 is 17.1 Å². The number of benzene rings is 1. The molecule has 1 aromatic carbocycles. The SMILES string of the molecule is N#CCCn1c(=O)n(-c2cncc3nnn(C4CC4)c23)c(=O)c2sc(-c3ccc(F)cc3Cl)cc21. The van der Waals surface area contributed by atoms with Crippen LogP contribution in [0.3, 0.4) is 0 Å². The average Bonchev–Trinajstić information content (AvgIpc) is 3.43. The molecule has 4 heterocycles. The third-order valence-electron chi connectivity index (χ3n) is 5.96. The first kappa shape index (κ1) is 21.6. The largest absolute Gasteiger partial charge is 0.336 e. The van der Waals surface area contributed by atoms with Crippen LogP contribution in [-0.2, 0) is 6.54 Å². The van der Waals surface area contributed by atoms with E-state index in [1.165, 1.54) is 29.0 Å². The number of rotatable bonds is 5. The van der Waals surface area contributed by atoms with E-state index in [4.69, 9.17) is 11.6 Å². The van der Waals surface area contributed by atoms with Gasteiger partial charge in [-0.25, -0.2) is 18.4 Å². The van der Waals surface area contributed by atoms with Crippen LogP contribution in [-0.4, -0.2) is 29.1 Å². The van der Waals surface area contributed by atoms with Crippen molar-refractivity contribution in [1.29, 1.82) is 5.26 Å². The summed E-state index contributed by atoms with van der Waals surface area (Å²) in [7, 11) is 0. The lowest BCUT2D eigenvalue weighted by molar-refractivity contribution is 0.625. The van der Waals surface area contributed by atoms with Gasteiger partial charge in [0.05, 0.1) is 47.2 Å². The topological polar surface area (TPSA) is 111 Å². The van der Waals surface area contributed by atoms with Crippen molar-refractivity contribution in [1.82, 2.24) is 29.1 Å². The molecule has 4 aromatic heterocycles. The van der Waals surface area contributed by atoms with Crippen LogP contribution in [0.15, 0.2) is 46.2 Å². The highest BCUT2D eigenvalue weighted by Gasteiger charge is 2.29. The van der Waals surface area contributed by atoms with E-state index in [2.05, 4.69) is 21.4 Å². The van der Waals surface area contributed by atoms with Gasteiger partial charge < -0.3 is 0 Å². The number of pyridine rings is 1. The Morgan fingerprint density at radius 1 is 1.23 bits per heavy atom. The molecule has 9 nitrogen and oxygen atoms in total. The van der Waals surface area contributed by atoms with Crippen molar-refractivity contribution in [2.45, 2.75) is 31.8 Å². The van der Waals surface area contributed by atoms with Gasteiger partial charge in [0.25, 0.3) is 5.56 Å². The monoisotopic (exact) mass is 507 g/mol. The Bertz CT molecular complexity index is 1810. The number of fused-ring (bicyclic) bond motifs is 2. The molecule has 1 aliphatic carbocycles. The van der Waals surface area contributed by atoms with Crippen LogP contribution in [0.1, 0.15) is 25.3 Å². The zero-order valence-corrected chi connectivity index (χ0v) is 19.6. The van der Waals surface area contributed by atoms with Crippen molar-refractivity contribution in [2.75, 3.05) is 0 Å². The van der Waals surface area contributed by atoms with Crippen LogP contribution in [0.2, 0.25) is 5.02 Å². The first-order valence-corrected chi connectivity index (χ1v) is 12.0. The second-order valence-electron chi connectivity index (χ2n) is 8.22. The van der Waals surface area contributed by atoms with E-state index in [1.807, 2.05) is 0 Å². The van der Waals surface area contributed by atoms with Crippen molar-refractivity contribution in [3.63, 3.8) is 0 Å². The normalized spacial score (nSPS) is 13.5. The van der Waals surface area contributed by atoms with Crippen molar-refractivity contribution < 1.29 is 4.39 Å². The molecule has 0 amide bonds. The summed E-state index contributed by atoms with van der Waals surface area (Å²) in [5, 5.41) is 17.7. The van der Waals surface area contributed by atoms with Crippen molar-refractivity contribution in [3.05, 3.63) is 68.3 Å². The quantitative estimate of drug-likeness (QED) is 0.354. The molecule has 35 heavy (non-hydrogen) atoms. The molecule has 174 valence electrons. The summed E-state index contributed by atoms with van der Waals surface area (Å²) in [5.74, 6) is -0.477. The van der Waals surface area contributed by atoms with Crippen LogP contribution < -0.4 is 11.2 Å². The smallest absolute Gasteiger partial charge is 0.291 e. The predicted octanol–water partition coefficient (Wildman–Crippen LogP) is 4.06. The summed E-state index contributed by atoms with van der Waals surface area (Å²) in [6.45, 7) is 0.0863. The molecular weight excluding hydrogens is 493 g/mol. The summed E-state index contributed by atoms with van der Waals surface area (Å²) in [6, 6.07) is 7.90. The van der Waals surface area contributed by atoms with Gasteiger partial charge in [0.15, 0.2) is 0 Å². The molecule has 1 aliphatic rings. The second-order valence-corrected chi connectivity index (χ2v) is 9.68. The minimum atomic E-state index is -0.592. The van der Waals surface area contributed by atoms with Crippen molar-refractivity contribution >= 4 is 44.2 Å². The number of hydrogen-bond acceptors (Lipinski definition) is 7. The van der Waals surface area contributed by atoms with Crippen molar-refractivity contribution in [2.24, 2.45) is 0 Å². The van der Waals surface area contributed by atoms with E-state index in [1.54, 1.807) is 16.9 Å². The lowest BCUT2D eigenvalue weighted by atomic mass is 10.2. The molecule has 0 bridgehead atoms. The third-order valence-corrected chi connectivity index (χ3v) is 7.42. The number of nitrogens with zero attached hydrogens (tertiary/aromatic N) is 7. The van der Waals surface area contributed by atoms with E-state index >= 15 is 0 Å². The molecule has 1 fully saturated rings. The van der Waals surface area contributed by atoms with Gasteiger partial charge in [-0.2, -0.15) is 5.26 Å². The Hall–Kier alpha value is -3.88. The summed E-state index contributed by atoms with van der Waals surface area (Å²) < 4.78 is 18.1. The van der Waals surface area contributed by atoms with Gasteiger partial charge in [0, 0.05) is 17.0 Å². The second kappa shape index (κ2) is 8.11. The highest BCUT2D eigenvalue weighted by molar-refractivity contribution is 7.22. The number of nitriles is 1. The third kappa shape index (κ3) is 3.45. The highest BCUT2D eigenvalue weighted by atomic mass is 35.5. The molecule has 6 rings (SSSR count). The lowest BCUT2D eigenvalue weighted by Gasteiger charge is -2.12. The predicted molar refractivity (Wildman–Crippen MR) is 129 cm³/mol. The van der Waals surface area contributed by atoms with Gasteiger partial charge in [0.2, 0.25) is 0 Å². The van der Waals surface area contributed by atoms with Crippen LogP contribution >= 0.6 is 22.9 Å². The van der Waals surface area contributed by atoms with E-state index in [0.717, 1.165) is 28.7 Å². The molecule has 5 aromatic rings. The number of aryl methyl sites for hydroxylation is 1. The summed E-state index contributed by atoms with van der Waals surface area (Å²) in [5.41, 5.74) is 1.15. The van der Waals surface area contributed by atoms with Gasteiger partial charge in [-0.1, -0.05) is 16.8 Å². The van der Waals surface area contributed by atoms with Gasteiger partial charge in [-0.05, 0) is 37.1 Å². The standard InChI is InChI=1S/C23H15ClFN7O2S/c24-15-8-12(25)2-5-14(15)19-9-17-21(35-19)22(33)31(23(34)30(17)7-1-6-26)18-11-27-10-16-20(18)32(29-28-16)13-3-4-13/h2,5,8-11,13H,1,3-4,7H2. The van der Waals surface area contributed by atoms with E-state index in [0.29, 0.717) is 31.7 Å². The number of thiophene rings is 1. The Morgan fingerprint density at radius 3 is 2.80 bits per heavy atom. The zero-order valence-electron chi connectivity index (χ0n) is 18.0. The van der Waals surface area contributed by atoms with Crippen LogP contribution in [0.25, 0.3) is 37.4 Å². The fraction of sp³-hybridized carbons (Fsp3) is 0.217. The first-order chi connectivity index (χ1) is 17.0. The molecule has 0 unspecified atom stereocenters. The number of halogens is 2. The Kier molecular flexibility index (Phi) is 5.01. The van der Waals surface area contributed by atoms with Crippen LogP contribution in [0, 0.1) is 17.1 Å². The number of hydrogen-bond donors (Lipinski definition) is 0. The molecule has 1 saturated carbocycles. The van der Waals surface area contributed by atoms with Gasteiger partial charge in [-0.15, -0.1) is 16.4 Å². The molecule has 0 radical (unpaired) electrons. The molecule has 0 atom stereocenters. The van der Waals surface area contributed by atoms with Gasteiger partial charge >= 0.3 is 5.69 Å². The highest BCUT2D eigenvalue weighted by Crippen LogP contribution is 2.38. The molecule has 0 N–H and O–H groups in total. The van der Waals surface area contributed by atoms with Crippen molar-refractivity contribution in [3.8, 4) is 22.2 Å². The Labute approximate surface area is 205 Å². The van der Waals surface area contributed by atoms with E-state index in [-0.39, 0.29) is 29.7 Å². The maximum Gasteiger partial charge on any atom is 0.336 e. The maximum atomic E-state index is 13.7. The maximum absolute atomic E-state index is 13.7. The Balaban J connectivity index is 1.67. The fourth-order valence-corrected chi connectivity index (χ4v) is 5.63. The average molecular weight is 508 g/mol. The first-order valence-electron chi connectivity index (χ1n) is 10.8. The van der Waals surface area contributed by atoms with Crippen LogP contribution in [0.4, 0.5) is 4.39 Å². The number of aromatic nitrogens is 6. The van der Waals surface area contributed by atoms with Gasteiger partial charge in [-0.3, -0.25) is 14.3 Å². The minimum Gasteiger partial charge on any atom is -0.291 e. The molecule has 0 saturated heterocycles. The lowest BCUT2D eigenvalue weighted by Crippen LogP contribution is -2.38. The molecular formula is C23H15ClFN7O2S. The summed E-state index contributed by atoms with van der Waals surface area (Å²) in [6.07, 6.45) is 4.95. The molecule has 12 heteroatoms. The summed E-state index contributed by atoms with van der Waals surface area (Å²) >= 11 is 7.42. The Morgan fingerprint density at radius 2 is 2.06 bits per heavy atom. The van der Waals surface area contributed by atoms with Gasteiger partial charge in [0.1, 0.15) is 21.6 Å². The fourth-order valence-electron chi connectivity index (χ4n) is 4.18. The van der Waals surface area contributed by atoms with Crippen LogP contribution in [0.5, 0.6) is 0 Å². The minimum absolute atomic E-state index is 0.0692. The molecule has 0 spiro atoms. The molecule has 0 aliphatic heterocycles. The zero-order chi connectivity index (χ0) is 24.3.